The molecule has 0 atom stereocenters. The van der Waals surface area contributed by atoms with Crippen molar-refractivity contribution in [1.82, 2.24) is 24.6 Å². The molecule has 10 heteroatoms. The summed E-state index contributed by atoms with van der Waals surface area (Å²) in [5.74, 6) is 0.118. The van der Waals surface area contributed by atoms with E-state index in [1.165, 1.54) is 6.07 Å². The Morgan fingerprint density at radius 1 is 1.22 bits per heavy atom. The third-order valence-electron chi connectivity index (χ3n) is 3.01. The van der Waals surface area contributed by atoms with E-state index in [1.807, 2.05) is 12.1 Å². The minimum absolute atomic E-state index is 0.157. The summed E-state index contributed by atoms with van der Waals surface area (Å²) in [5.41, 5.74) is 0.676. The molecule has 0 aliphatic heterocycles. The van der Waals surface area contributed by atoms with Crippen molar-refractivity contribution in [3.63, 3.8) is 0 Å². The molecule has 3 heterocycles. The maximum Gasteiger partial charge on any atom is 0.250 e. The normalized spacial score (nSPS) is 11.7. The summed E-state index contributed by atoms with van der Waals surface area (Å²) < 4.78 is 28.0. The minimum atomic E-state index is -3.64. The number of carbonyl (C=O) groups excluding carboxylic acids is 1. The quantitative estimate of drug-likeness (QED) is 0.668. The van der Waals surface area contributed by atoms with Gasteiger partial charge in [0.05, 0.1) is 13.1 Å². The first kappa shape index (κ1) is 15.6. The van der Waals surface area contributed by atoms with Gasteiger partial charge >= 0.3 is 0 Å². The average molecular weight is 351 g/mol. The van der Waals surface area contributed by atoms with Crippen molar-refractivity contribution < 1.29 is 13.2 Å². The zero-order chi connectivity index (χ0) is 16.3. The number of sulfonamides is 1. The lowest BCUT2D eigenvalue weighted by Gasteiger charge is -2.06. The van der Waals surface area contributed by atoms with Crippen LogP contribution in [-0.4, -0.2) is 35.5 Å². The molecule has 2 N–H and O–H groups in total. The average Bonchev–Trinajstić information content (AvgIpc) is 3.21. The highest BCUT2D eigenvalue weighted by Crippen LogP contribution is 2.14. The van der Waals surface area contributed by atoms with Gasteiger partial charge in [0, 0.05) is 6.20 Å². The Kier molecular flexibility index (Phi) is 4.37. The highest BCUT2D eigenvalue weighted by molar-refractivity contribution is 7.91. The third-order valence-corrected chi connectivity index (χ3v) is 5.81. The van der Waals surface area contributed by atoms with Gasteiger partial charge in [0.15, 0.2) is 11.5 Å². The number of fused-ring (bicyclic) bond motifs is 1. The van der Waals surface area contributed by atoms with Crippen LogP contribution in [0, 0.1) is 0 Å². The number of thiophene rings is 1. The van der Waals surface area contributed by atoms with Crippen LogP contribution in [0.4, 0.5) is 0 Å². The lowest BCUT2D eigenvalue weighted by atomic mass is 10.4. The van der Waals surface area contributed by atoms with E-state index in [4.69, 9.17) is 0 Å². The minimum Gasteiger partial charge on any atom is -0.348 e. The van der Waals surface area contributed by atoms with Crippen LogP contribution in [0.1, 0.15) is 5.82 Å². The maximum absolute atomic E-state index is 11.9. The fourth-order valence-electron chi connectivity index (χ4n) is 1.90. The number of rotatable bonds is 6. The summed E-state index contributed by atoms with van der Waals surface area (Å²) in [6, 6.07) is 8.58. The Bertz CT molecular complexity index is 918. The van der Waals surface area contributed by atoms with E-state index >= 15 is 0 Å². The summed E-state index contributed by atoms with van der Waals surface area (Å²) in [6.07, 6.45) is 1.79. The lowest BCUT2D eigenvalue weighted by Crippen LogP contribution is -2.36. The third kappa shape index (κ3) is 3.55. The van der Waals surface area contributed by atoms with Gasteiger partial charge in [-0.15, -0.1) is 21.5 Å². The number of nitrogens with one attached hydrogen (secondary N) is 2. The van der Waals surface area contributed by atoms with Gasteiger partial charge in [0.1, 0.15) is 4.21 Å². The van der Waals surface area contributed by atoms with Crippen molar-refractivity contribution in [1.29, 1.82) is 0 Å². The van der Waals surface area contributed by atoms with Crippen LogP contribution in [0.3, 0.4) is 0 Å². The molecule has 23 heavy (non-hydrogen) atoms. The topological polar surface area (TPSA) is 105 Å². The zero-order valence-electron chi connectivity index (χ0n) is 11.8. The van der Waals surface area contributed by atoms with Crippen LogP contribution in [-0.2, 0) is 21.4 Å². The summed E-state index contributed by atoms with van der Waals surface area (Å²) in [7, 11) is -3.64. The molecule has 1 amide bonds. The molecule has 0 saturated heterocycles. The van der Waals surface area contributed by atoms with Crippen molar-refractivity contribution in [2.75, 3.05) is 6.54 Å². The molecule has 0 saturated carbocycles. The summed E-state index contributed by atoms with van der Waals surface area (Å²) in [4.78, 5) is 11.8. The Morgan fingerprint density at radius 3 is 2.87 bits per heavy atom. The molecular weight excluding hydrogens is 338 g/mol. The number of amides is 1. The fourth-order valence-corrected chi connectivity index (χ4v) is 3.92. The van der Waals surface area contributed by atoms with Crippen LogP contribution in [0.2, 0.25) is 0 Å². The molecule has 120 valence electrons. The van der Waals surface area contributed by atoms with Crippen molar-refractivity contribution in [2.45, 2.75) is 10.8 Å². The second-order valence-corrected chi connectivity index (χ2v) is 7.52. The van der Waals surface area contributed by atoms with Gasteiger partial charge in [0.25, 0.3) is 10.0 Å². The smallest absolute Gasteiger partial charge is 0.250 e. The van der Waals surface area contributed by atoms with E-state index in [9.17, 15) is 13.2 Å². The molecule has 0 aliphatic rings. The Morgan fingerprint density at radius 2 is 2.09 bits per heavy atom. The van der Waals surface area contributed by atoms with Crippen LogP contribution in [0.25, 0.3) is 5.65 Å². The number of aromatic nitrogens is 3. The molecule has 0 bridgehead atoms. The Balaban J connectivity index is 1.56. The first-order chi connectivity index (χ1) is 11.1. The molecule has 3 aromatic rings. The van der Waals surface area contributed by atoms with Crippen LogP contribution < -0.4 is 10.0 Å². The SMILES string of the molecule is O=C(CNS(=O)(=O)c1cccs1)NCc1nnc2ccccn12. The van der Waals surface area contributed by atoms with E-state index in [1.54, 1.807) is 28.1 Å². The Labute approximate surface area is 136 Å². The second kappa shape index (κ2) is 6.44. The van der Waals surface area contributed by atoms with Crippen molar-refractivity contribution in [2.24, 2.45) is 0 Å². The highest BCUT2D eigenvalue weighted by atomic mass is 32.2. The molecule has 0 radical (unpaired) electrons. The van der Waals surface area contributed by atoms with E-state index in [0.29, 0.717) is 11.5 Å². The maximum atomic E-state index is 11.9. The molecule has 0 unspecified atom stereocenters. The lowest BCUT2D eigenvalue weighted by molar-refractivity contribution is -0.120. The zero-order valence-corrected chi connectivity index (χ0v) is 13.5. The number of carbonyl (C=O) groups is 1. The van der Waals surface area contributed by atoms with Gasteiger partial charge in [-0.2, -0.15) is 0 Å². The van der Waals surface area contributed by atoms with Gasteiger partial charge in [-0.1, -0.05) is 12.1 Å². The fraction of sp³-hybridized carbons (Fsp3) is 0.154. The predicted octanol–water partition coefficient (Wildman–Crippen LogP) is 0.385. The summed E-state index contributed by atoms with van der Waals surface area (Å²) in [5, 5.41) is 12.2. The molecule has 0 spiro atoms. The Hall–Kier alpha value is -2.30. The molecule has 8 nitrogen and oxygen atoms in total. The summed E-state index contributed by atoms with van der Waals surface area (Å²) in [6.45, 7) is -0.179. The van der Waals surface area contributed by atoms with Crippen molar-refractivity contribution >= 4 is 32.9 Å². The van der Waals surface area contributed by atoms with E-state index in [-0.39, 0.29) is 17.3 Å². The van der Waals surface area contributed by atoms with Gasteiger partial charge in [-0.3, -0.25) is 9.20 Å². The first-order valence-electron chi connectivity index (χ1n) is 6.65. The molecule has 3 aromatic heterocycles. The van der Waals surface area contributed by atoms with Crippen molar-refractivity contribution in [3.05, 3.63) is 47.7 Å². The monoisotopic (exact) mass is 351 g/mol. The molecule has 0 aliphatic carbocycles. The second-order valence-electron chi connectivity index (χ2n) is 4.58. The first-order valence-corrected chi connectivity index (χ1v) is 9.01. The van der Waals surface area contributed by atoms with Crippen molar-refractivity contribution in [3.8, 4) is 0 Å². The standard InChI is InChI=1S/C13H13N5O3S2/c19-12(9-15-23(20,21)13-5-3-7-22-13)14-8-11-17-16-10-4-1-2-6-18(10)11/h1-7,15H,8-9H2,(H,14,19). The number of hydrogen-bond acceptors (Lipinski definition) is 6. The number of nitrogens with zero attached hydrogens (tertiary/aromatic N) is 3. The molecule has 0 fully saturated rings. The van der Waals surface area contributed by atoms with Gasteiger partial charge < -0.3 is 5.32 Å². The summed E-state index contributed by atoms with van der Waals surface area (Å²) >= 11 is 1.09. The van der Waals surface area contributed by atoms with Gasteiger partial charge in [-0.25, -0.2) is 13.1 Å². The largest absolute Gasteiger partial charge is 0.348 e. The van der Waals surface area contributed by atoms with E-state index in [2.05, 4.69) is 20.2 Å². The van der Waals surface area contributed by atoms with Crippen LogP contribution in [0.15, 0.2) is 46.1 Å². The van der Waals surface area contributed by atoms with E-state index < -0.39 is 15.9 Å². The van der Waals surface area contributed by atoms with Gasteiger partial charge in [0.2, 0.25) is 5.91 Å². The number of hydrogen-bond donors (Lipinski definition) is 2. The molecular formula is C13H13N5O3S2. The van der Waals surface area contributed by atoms with E-state index in [0.717, 1.165) is 11.3 Å². The predicted molar refractivity (Wildman–Crippen MR) is 84.3 cm³/mol. The molecule has 3 rings (SSSR count). The molecule has 0 aromatic carbocycles. The van der Waals surface area contributed by atoms with Crippen LogP contribution in [0.5, 0.6) is 0 Å². The van der Waals surface area contributed by atoms with Crippen LogP contribution >= 0.6 is 11.3 Å². The highest BCUT2D eigenvalue weighted by Gasteiger charge is 2.16. The van der Waals surface area contributed by atoms with Gasteiger partial charge in [-0.05, 0) is 23.6 Å². The number of pyridine rings is 1.